The summed E-state index contributed by atoms with van der Waals surface area (Å²) in [5, 5.41) is 5.35. The van der Waals surface area contributed by atoms with Crippen LogP contribution in [0.5, 0.6) is 0 Å². The van der Waals surface area contributed by atoms with E-state index < -0.39 is 5.92 Å². The molecule has 1 saturated heterocycles. The Balaban J connectivity index is 1.10. The maximum Gasteiger partial charge on any atom is 0.254 e. The molecule has 2 atom stereocenters. The van der Waals surface area contributed by atoms with Gasteiger partial charge in [-0.3, -0.25) is 14.5 Å². The SMILES string of the molecule is Cc1ccc(C)c(N2CCN(CCCNC(=O)[C@@H]3c4ccccc4C(=O)N(C4CCCC4)[C@@H]3c3cccs3)CC2)c1. The first-order valence-electron chi connectivity index (χ1n) is 15.3. The lowest BCUT2D eigenvalue weighted by Crippen LogP contribution is -2.51. The Bertz CT molecular complexity index is 1360. The lowest BCUT2D eigenvalue weighted by atomic mass is 9.80. The molecule has 2 amide bonds. The molecule has 0 spiro atoms. The van der Waals surface area contributed by atoms with E-state index in [2.05, 4.69) is 63.5 Å². The summed E-state index contributed by atoms with van der Waals surface area (Å²) in [6.07, 6.45) is 5.23. The average Bonchev–Trinajstić information content (AvgIpc) is 3.72. The minimum Gasteiger partial charge on any atom is -0.369 e. The van der Waals surface area contributed by atoms with Crippen LogP contribution in [0.15, 0.2) is 60.0 Å². The molecule has 41 heavy (non-hydrogen) atoms. The second-order valence-electron chi connectivity index (χ2n) is 11.9. The molecule has 3 aliphatic rings. The molecule has 1 aliphatic carbocycles. The van der Waals surface area contributed by atoms with Crippen molar-refractivity contribution < 1.29 is 9.59 Å². The van der Waals surface area contributed by atoms with Crippen LogP contribution in [-0.2, 0) is 4.79 Å². The molecule has 6 rings (SSSR count). The summed E-state index contributed by atoms with van der Waals surface area (Å²) in [5.41, 5.74) is 5.56. The fourth-order valence-electron chi connectivity index (χ4n) is 7.08. The van der Waals surface area contributed by atoms with E-state index in [1.165, 1.54) is 16.8 Å². The Morgan fingerprint density at radius 1 is 0.976 bits per heavy atom. The lowest BCUT2D eigenvalue weighted by molar-refractivity contribution is -0.124. The van der Waals surface area contributed by atoms with Crippen LogP contribution >= 0.6 is 11.3 Å². The number of anilines is 1. The van der Waals surface area contributed by atoms with Gasteiger partial charge in [-0.1, -0.05) is 49.2 Å². The summed E-state index contributed by atoms with van der Waals surface area (Å²) in [6, 6.07) is 18.5. The molecular weight excluding hydrogens is 528 g/mol. The number of nitrogens with one attached hydrogen (secondary N) is 1. The first-order chi connectivity index (χ1) is 20.0. The molecular formula is C34H42N4O2S. The molecule has 2 aromatic carbocycles. The van der Waals surface area contributed by atoms with E-state index in [9.17, 15) is 9.59 Å². The van der Waals surface area contributed by atoms with Crippen LogP contribution in [0.1, 0.15) is 76.0 Å². The quantitative estimate of drug-likeness (QED) is 0.342. The average molecular weight is 571 g/mol. The molecule has 6 nitrogen and oxygen atoms in total. The zero-order valence-corrected chi connectivity index (χ0v) is 25.2. The largest absolute Gasteiger partial charge is 0.369 e. The molecule has 0 bridgehead atoms. The van der Waals surface area contributed by atoms with Gasteiger partial charge in [0.15, 0.2) is 0 Å². The third-order valence-electron chi connectivity index (χ3n) is 9.24. The number of hydrogen-bond acceptors (Lipinski definition) is 5. The minimum atomic E-state index is -0.399. The standard InChI is InChI=1S/C34H42N4O2S/c1-24-14-15-25(2)29(23-24)37-20-18-36(19-21-37)17-8-16-35-33(39)31-27-11-5-6-12-28(27)34(40)38(26-9-3-4-10-26)32(31)30-13-7-22-41-30/h5-7,11-15,22-23,26,31-32H,3-4,8-10,16-21H2,1-2H3,(H,35,39)/t31-,32-/m1/s1. The predicted molar refractivity (Wildman–Crippen MR) is 167 cm³/mol. The Hall–Kier alpha value is -3.16. The second-order valence-corrected chi connectivity index (χ2v) is 12.9. The van der Waals surface area contributed by atoms with Crippen molar-refractivity contribution in [2.24, 2.45) is 0 Å². The summed E-state index contributed by atoms with van der Waals surface area (Å²) in [7, 11) is 0. The number of rotatable bonds is 8. The van der Waals surface area contributed by atoms with Gasteiger partial charge in [-0.2, -0.15) is 0 Å². The number of fused-ring (bicyclic) bond motifs is 1. The molecule has 2 aliphatic heterocycles. The van der Waals surface area contributed by atoms with Gasteiger partial charge >= 0.3 is 0 Å². The van der Waals surface area contributed by atoms with Crippen molar-refractivity contribution in [2.75, 3.05) is 44.2 Å². The molecule has 2 fully saturated rings. The maximum atomic E-state index is 14.0. The highest BCUT2D eigenvalue weighted by molar-refractivity contribution is 7.10. The van der Waals surface area contributed by atoms with Gasteiger partial charge < -0.3 is 15.1 Å². The van der Waals surface area contributed by atoms with Crippen molar-refractivity contribution in [3.63, 3.8) is 0 Å². The molecule has 1 saturated carbocycles. The number of benzene rings is 2. The zero-order valence-electron chi connectivity index (χ0n) is 24.4. The Labute approximate surface area is 248 Å². The summed E-state index contributed by atoms with van der Waals surface area (Å²) in [4.78, 5) is 36.0. The number of carbonyl (C=O) groups is 2. The number of hydrogen-bond donors (Lipinski definition) is 1. The summed E-state index contributed by atoms with van der Waals surface area (Å²) < 4.78 is 0. The third kappa shape index (κ3) is 5.80. The molecule has 0 radical (unpaired) electrons. The lowest BCUT2D eigenvalue weighted by Gasteiger charge is -2.44. The van der Waals surface area contributed by atoms with Crippen molar-refractivity contribution in [1.82, 2.24) is 15.1 Å². The number of aryl methyl sites for hydroxylation is 2. The Morgan fingerprint density at radius 3 is 2.51 bits per heavy atom. The van der Waals surface area contributed by atoms with Gasteiger partial charge in [-0.05, 0) is 79.9 Å². The molecule has 3 aromatic rings. The smallest absolute Gasteiger partial charge is 0.254 e. The van der Waals surface area contributed by atoms with Crippen LogP contribution in [0.3, 0.4) is 0 Å². The first kappa shape index (κ1) is 28.0. The fourth-order valence-corrected chi connectivity index (χ4v) is 7.94. The second kappa shape index (κ2) is 12.4. The highest BCUT2D eigenvalue weighted by Crippen LogP contribution is 2.47. The third-order valence-corrected chi connectivity index (χ3v) is 10.2. The summed E-state index contributed by atoms with van der Waals surface area (Å²) in [5.74, 6) is -0.287. The highest BCUT2D eigenvalue weighted by Gasteiger charge is 2.47. The number of nitrogens with zero attached hydrogens (tertiary/aromatic N) is 3. The van der Waals surface area contributed by atoms with Crippen LogP contribution in [0.4, 0.5) is 5.69 Å². The fraction of sp³-hybridized carbons (Fsp3) is 0.471. The topological polar surface area (TPSA) is 55.9 Å². The minimum absolute atomic E-state index is 0.0334. The Morgan fingerprint density at radius 2 is 1.76 bits per heavy atom. The molecule has 7 heteroatoms. The van der Waals surface area contributed by atoms with Crippen LogP contribution in [0, 0.1) is 13.8 Å². The van der Waals surface area contributed by atoms with E-state index in [-0.39, 0.29) is 23.9 Å². The van der Waals surface area contributed by atoms with E-state index in [0.29, 0.717) is 12.1 Å². The van der Waals surface area contributed by atoms with Crippen molar-refractivity contribution in [1.29, 1.82) is 0 Å². The van der Waals surface area contributed by atoms with Gasteiger partial charge in [0.2, 0.25) is 5.91 Å². The number of piperazine rings is 1. The van der Waals surface area contributed by atoms with Crippen molar-refractivity contribution in [2.45, 2.75) is 64.0 Å². The molecule has 1 N–H and O–H groups in total. The Kier molecular flexibility index (Phi) is 8.45. The summed E-state index contributed by atoms with van der Waals surface area (Å²) >= 11 is 1.65. The number of carbonyl (C=O) groups excluding carboxylic acids is 2. The van der Waals surface area contributed by atoms with E-state index in [1.54, 1.807) is 11.3 Å². The zero-order chi connectivity index (χ0) is 28.3. The van der Waals surface area contributed by atoms with Gasteiger partial charge in [-0.15, -0.1) is 11.3 Å². The van der Waals surface area contributed by atoms with Crippen molar-refractivity contribution in [3.05, 3.63) is 87.1 Å². The van der Waals surface area contributed by atoms with Crippen LogP contribution in [-0.4, -0.2) is 66.9 Å². The van der Waals surface area contributed by atoms with E-state index in [1.807, 2.05) is 30.3 Å². The number of amides is 2. The molecule has 1 aromatic heterocycles. The maximum absolute atomic E-state index is 14.0. The van der Waals surface area contributed by atoms with Crippen molar-refractivity contribution in [3.8, 4) is 0 Å². The van der Waals surface area contributed by atoms with Gasteiger partial charge in [0.05, 0.1) is 12.0 Å². The normalized spacial score (nSPS) is 21.8. The van der Waals surface area contributed by atoms with E-state index in [4.69, 9.17) is 0 Å². The van der Waals surface area contributed by atoms with E-state index >= 15 is 0 Å². The highest BCUT2D eigenvalue weighted by atomic mass is 32.1. The van der Waals surface area contributed by atoms with Gasteiger partial charge in [0.1, 0.15) is 0 Å². The predicted octanol–water partition coefficient (Wildman–Crippen LogP) is 5.92. The molecule has 3 heterocycles. The molecule has 216 valence electrons. The van der Waals surface area contributed by atoms with Crippen LogP contribution in [0.25, 0.3) is 0 Å². The monoisotopic (exact) mass is 570 g/mol. The van der Waals surface area contributed by atoms with Crippen molar-refractivity contribution >= 4 is 28.8 Å². The first-order valence-corrected chi connectivity index (χ1v) is 16.2. The van der Waals surface area contributed by atoms with Crippen LogP contribution in [0.2, 0.25) is 0 Å². The van der Waals surface area contributed by atoms with Gasteiger partial charge in [0, 0.05) is 54.9 Å². The summed E-state index contributed by atoms with van der Waals surface area (Å²) in [6.45, 7) is 10.1. The van der Waals surface area contributed by atoms with Crippen LogP contribution < -0.4 is 10.2 Å². The van der Waals surface area contributed by atoms with Gasteiger partial charge in [0.25, 0.3) is 5.91 Å². The van der Waals surface area contributed by atoms with Gasteiger partial charge in [-0.25, -0.2) is 0 Å². The van der Waals surface area contributed by atoms with E-state index in [0.717, 1.165) is 75.3 Å². The molecule has 0 unspecified atom stereocenters. The number of thiophene rings is 1.